The van der Waals surface area contributed by atoms with Crippen LogP contribution in [0.1, 0.15) is 26.3 Å². The Kier molecular flexibility index (Phi) is 3.07. The lowest BCUT2D eigenvalue weighted by Gasteiger charge is -2.23. The molecule has 0 amide bonds. The molecule has 1 aromatic carbocycles. The summed E-state index contributed by atoms with van der Waals surface area (Å²) in [5.74, 6) is -0.0678. The van der Waals surface area contributed by atoms with E-state index < -0.39 is 0 Å². The molecule has 0 saturated carbocycles. The second kappa shape index (κ2) is 4.28. The molecule has 0 saturated heterocycles. The van der Waals surface area contributed by atoms with Crippen LogP contribution in [0.15, 0.2) is 35.2 Å². The van der Waals surface area contributed by atoms with Gasteiger partial charge in [0.1, 0.15) is 0 Å². The highest BCUT2D eigenvalue weighted by Crippen LogP contribution is 2.37. The SMILES string of the molecule is CC(C)(C)c1ccccc1-n1c(O)cc(S)c1O. The first-order chi connectivity index (χ1) is 8.32. The van der Waals surface area contributed by atoms with E-state index in [1.165, 1.54) is 10.6 Å². The Morgan fingerprint density at radius 1 is 1.11 bits per heavy atom. The topological polar surface area (TPSA) is 45.4 Å². The number of thiol groups is 1. The van der Waals surface area contributed by atoms with Crippen LogP contribution in [0, 0.1) is 0 Å². The molecule has 0 radical (unpaired) electrons. The molecule has 4 heteroatoms. The Hall–Kier alpha value is -1.55. The molecule has 0 aliphatic carbocycles. The van der Waals surface area contributed by atoms with Gasteiger partial charge in [-0.15, -0.1) is 12.6 Å². The van der Waals surface area contributed by atoms with Crippen molar-refractivity contribution in [3.63, 3.8) is 0 Å². The Morgan fingerprint density at radius 2 is 1.72 bits per heavy atom. The first-order valence-electron chi connectivity index (χ1n) is 5.75. The Balaban J connectivity index is 2.72. The molecular weight excluding hydrogens is 246 g/mol. The molecule has 96 valence electrons. The summed E-state index contributed by atoms with van der Waals surface area (Å²) in [6.45, 7) is 6.26. The molecular formula is C14H17NO2S. The van der Waals surface area contributed by atoms with Gasteiger partial charge >= 0.3 is 0 Å². The number of para-hydroxylation sites is 1. The van der Waals surface area contributed by atoms with Crippen LogP contribution in [0.5, 0.6) is 11.8 Å². The van der Waals surface area contributed by atoms with Gasteiger partial charge < -0.3 is 10.2 Å². The minimum Gasteiger partial charge on any atom is -0.494 e. The van der Waals surface area contributed by atoms with Gasteiger partial charge in [-0.3, -0.25) is 4.57 Å². The predicted octanol–water partition coefficient (Wildman–Crippen LogP) is 3.47. The van der Waals surface area contributed by atoms with Gasteiger partial charge in [-0.2, -0.15) is 0 Å². The van der Waals surface area contributed by atoms with Crippen LogP contribution >= 0.6 is 12.6 Å². The smallest absolute Gasteiger partial charge is 0.212 e. The number of hydrogen-bond donors (Lipinski definition) is 3. The van der Waals surface area contributed by atoms with Gasteiger partial charge in [0.15, 0.2) is 5.88 Å². The highest BCUT2D eigenvalue weighted by atomic mass is 32.1. The van der Waals surface area contributed by atoms with Gasteiger partial charge in [0.05, 0.1) is 10.6 Å². The zero-order valence-electron chi connectivity index (χ0n) is 10.7. The predicted molar refractivity (Wildman–Crippen MR) is 75.1 cm³/mol. The van der Waals surface area contributed by atoms with Gasteiger partial charge in [0.2, 0.25) is 5.88 Å². The second-order valence-corrected chi connectivity index (χ2v) is 5.80. The fraction of sp³-hybridized carbons (Fsp3) is 0.286. The third kappa shape index (κ3) is 2.08. The molecule has 1 heterocycles. The fourth-order valence-corrected chi connectivity index (χ4v) is 2.23. The molecule has 0 aliphatic heterocycles. The van der Waals surface area contributed by atoms with Gasteiger partial charge in [0, 0.05) is 6.07 Å². The summed E-state index contributed by atoms with van der Waals surface area (Å²) < 4.78 is 1.41. The van der Waals surface area contributed by atoms with E-state index in [-0.39, 0.29) is 17.2 Å². The van der Waals surface area contributed by atoms with E-state index in [1.807, 2.05) is 24.3 Å². The number of aromatic nitrogens is 1. The normalized spacial score (nSPS) is 11.8. The lowest BCUT2D eigenvalue weighted by atomic mass is 9.86. The van der Waals surface area contributed by atoms with Crippen molar-refractivity contribution in [3.8, 4) is 17.4 Å². The third-order valence-electron chi connectivity index (χ3n) is 2.89. The number of hydrogen-bond acceptors (Lipinski definition) is 3. The maximum atomic E-state index is 9.99. The number of nitrogens with zero attached hydrogens (tertiary/aromatic N) is 1. The van der Waals surface area contributed by atoms with Crippen LogP contribution in [0.4, 0.5) is 0 Å². The van der Waals surface area contributed by atoms with Gasteiger partial charge in [-0.1, -0.05) is 39.0 Å². The minimum atomic E-state index is -0.0868. The van der Waals surface area contributed by atoms with Crippen molar-refractivity contribution in [2.45, 2.75) is 31.1 Å². The van der Waals surface area contributed by atoms with Crippen molar-refractivity contribution in [1.29, 1.82) is 0 Å². The fourth-order valence-electron chi connectivity index (χ4n) is 2.01. The van der Waals surface area contributed by atoms with Crippen LogP contribution in [0.3, 0.4) is 0 Å². The van der Waals surface area contributed by atoms with Gasteiger partial charge in [0.25, 0.3) is 0 Å². The van der Waals surface area contributed by atoms with E-state index in [9.17, 15) is 10.2 Å². The Labute approximate surface area is 112 Å². The average molecular weight is 263 g/mol. The third-order valence-corrected chi connectivity index (χ3v) is 3.22. The van der Waals surface area contributed by atoms with Crippen LogP contribution in [-0.4, -0.2) is 14.8 Å². The summed E-state index contributed by atoms with van der Waals surface area (Å²) in [5, 5.41) is 19.9. The summed E-state index contributed by atoms with van der Waals surface area (Å²) in [7, 11) is 0. The van der Waals surface area contributed by atoms with Crippen LogP contribution < -0.4 is 0 Å². The maximum absolute atomic E-state index is 9.99. The Bertz CT molecular complexity index is 582. The van der Waals surface area contributed by atoms with Crippen molar-refractivity contribution < 1.29 is 10.2 Å². The molecule has 2 N–H and O–H groups in total. The molecule has 0 bridgehead atoms. The van der Waals surface area contributed by atoms with Crippen LogP contribution in [0.2, 0.25) is 0 Å². The summed E-state index contributed by atoms with van der Waals surface area (Å²) >= 11 is 4.11. The van der Waals surface area contributed by atoms with E-state index in [1.54, 1.807) is 0 Å². The highest BCUT2D eigenvalue weighted by molar-refractivity contribution is 7.80. The molecule has 2 rings (SSSR count). The highest BCUT2D eigenvalue weighted by Gasteiger charge is 2.22. The number of rotatable bonds is 1. The van der Waals surface area contributed by atoms with Crippen molar-refractivity contribution in [3.05, 3.63) is 35.9 Å². The average Bonchev–Trinajstić information content (AvgIpc) is 2.52. The van der Waals surface area contributed by atoms with Crippen molar-refractivity contribution >= 4 is 12.6 Å². The molecule has 0 unspecified atom stereocenters. The monoisotopic (exact) mass is 263 g/mol. The van der Waals surface area contributed by atoms with Crippen LogP contribution in [-0.2, 0) is 5.41 Å². The Morgan fingerprint density at radius 3 is 2.22 bits per heavy atom. The zero-order chi connectivity index (χ0) is 13.5. The van der Waals surface area contributed by atoms with Crippen molar-refractivity contribution in [2.75, 3.05) is 0 Å². The summed E-state index contributed by atoms with van der Waals surface area (Å²) in [4.78, 5) is 0.358. The summed E-state index contributed by atoms with van der Waals surface area (Å²) in [6, 6.07) is 9.11. The van der Waals surface area contributed by atoms with Gasteiger partial charge in [-0.25, -0.2) is 0 Å². The lowest BCUT2D eigenvalue weighted by molar-refractivity contribution is 0.396. The van der Waals surface area contributed by atoms with Crippen molar-refractivity contribution in [2.24, 2.45) is 0 Å². The molecule has 0 aliphatic rings. The second-order valence-electron chi connectivity index (χ2n) is 5.31. The molecule has 0 spiro atoms. The standard InChI is InChI=1S/C14H17NO2S/c1-14(2,3)9-6-4-5-7-10(9)15-12(16)8-11(18)13(15)17/h4-8,16-18H,1-3H3. The molecule has 3 nitrogen and oxygen atoms in total. The molecule has 18 heavy (non-hydrogen) atoms. The quantitative estimate of drug-likeness (QED) is 0.690. The zero-order valence-corrected chi connectivity index (χ0v) is 11.6. The first-order valence-corrected chi connectivity index (χ1v) is 6.19. The van der Waals surface area contributed by atoms with E-state index >= 15 is 0 Å². The number of aromatic hydroxyl groups is 2. The molecule has 2 aromatic rings. The van der Waals surface area contributed by atoms with Crippen molar-refractivity contribution in [1.82, 2.24) is 4.57 Å². The number of benzene rings is 1. The molecule has 1 aromatic heterocycles. The molecule has 0 fully saturated rings. The minimum absolute atomic E-state index is 0.0193. The van der Waals surface area contributed by atoms with Gasteiger partial charge in [-0.05, 0) is 17.0 Å². The maximum Gasteiger partial charge on any atom is 0.212 e. The lowest BCUT2D eigenvalue weighted by Crippen LogP contribution is -2.14. The summed E-state index contributed by atoms with van der Waals surface area (Å²) in [6.07, 6.45) is 0. The van der Waals surface area contributed by atoms with E-state index in [4.69, 9.17) is 0 Å². The largest absolute Gasteiger partial charge is 0.494 e. The molecule has 0 atom stereocenters. The van der Waals surface area contributed by atoms with E-state index in [2.05, 4.69) is 33.4 Å². The summed E-state index contributed by atoms with van der Waals surface area (Å²) in [5.41, 5.74) is 1.72. The van der Waals surface area contributed by atoms with Crippen LogP contribution in [0.25, 0.3) is 5.69 Å². The first kappa shape index (κ1) is 12.9. The van der Waals surface area contributed by atoms with E-state index in [0.29, 0.717) is 4.90 Å². The van der Waals surface area contributed by atoms with E-state index in [0.717, 1.165) is 11.3 Å².